The quantitative estimate of drug-likeness (QED) is 0.912. The molecule has 0 spiro atoms. The molecule has 1 aliphatic heterocycles. The van der Waals surface area contributed by atoms with Crippen molar-refractivity contribution in [2.75, 3.05) is 13.1 Å². The maximum absolute atomic E-state index is 12.8. The van der Waals surface area contributed by atoms with Crippen LogP contribution in [0, 0.1) is 0 Å². The highest BCUT2D eigenvalue weighted by molar-refractivity contribution is 6.30. The van der Waals surface area contributed by atoms with Crippen LogP contribution in [0.25, 0.3) is 0 Å². The Morgan fingerprint density at radius 1 is 1.28 bits per heavy atom. The largest absolute Gasteiger partial charge is 0.454 e. The second-order valence-corrected chi connectivity index (χ2v) is 4.65. The van der Waals surface area contributed by atoms with E-state index >= 15 is 0 Å². The number of alkyl halides is 3. The SMILES string of the molecule is FC(F)C(F)Oc1cc(Cl)cc(C2CCNC2)c1. The van der Waals surface area contributed by atoms with Gasteiger partial charge in [0.05, 0.1) is 0 Å². The first-order valence-corrected chi connectivity index (χ1v) is 6.04. The van der Waals surface area contributed by atoms with E-state index in [4.69, 9.17) is 11.6 Å². The van der Waals surface area contributed by atoms with Gasteiger partial charge >= 0.3 is 6.43 Å². The van der Waals surface area contributed by atoms with E-state index in [0.29, 0.717) is 5.02 Å². The number of ether oxygens (including phenoxy) is 1. The summed E-state index contributed by atoms with van der Waals surface area (Å²) in [4.78, 5) is 0. The van der Waals surface area contributed by atoms with Gasteiger partial charge in [0, 0.05) is 11.6 Å². The predicted molar refractivity (Wildman–Crippen MR) is 63.2 cm³/mol. The molecule has 1 fully saturated rings. The normalized spacial score (nSPS) is 21.3. The smallest absolute Gasteiger partial charge is 0.304 e. The number of nitrogens with one attached hydrogen (secondary N) is 1. The third-order valence-corrected chi connectivity index (χ3v) is 3.09. The summed E-state index contributed by atoms with van der Waals surface area (Å²) >= 11 is 5.88. The van der Waals surface area contributed by atoms with Crippen LogP contribution in [-0.2, 0) is 0 Å². The fourth-order valence-corrected chi connectivity index (χ4v) is 2.24. The molecule has 1 heterocycles. The van der Waals surface area contributed by atoms with Crippen molar-refractivity contribution in [2.24, 2.45) is 0 Å². The molecule has 1 N–H and O–H groups in total. The van der Waals surface area contributed by atoms with E-state index in [2.05, 4.69) is 10.1 Å². The Balaban J connectivity index is 2.15. The molecular formula is C12H13ClF3NO. The van der Waals surface area contributed by atoms with Gasteiger partial charge in [0.1, 0.15) is 5.75 Å². The molecule has 1 aromatic rings. The minimum atomic E-state index is -3.17. The Hall–Kier alpha value is -0.940. The molecule has 18 heavy (non-hydrogen) atoms. The van der Waals surface area contributed by atoms with E-state index in [1.165, 1.54) is 6.07 Å². The van der Waals surface area contributed by atoms with Crippen LogP contribution in [0.2, 0.25) is 5.02 Å². The third-order valence-electron chi connectivity index (χ3n) is 2.87. The summed E-state index contributed by atoms with van der Waals surface area (Å²) < 4.78 is 41.5. The summed E-state index contributed by atoms with van der Waals surface area (Å²) in [7, 11) is 0. The molecule has 1 aromatic carbocycles. The minimum absolute atomic E-state index is 0.0391. The highest BCUT2D eigenvalue weighted by Crippen LogP contribution is 2.30. The number of halogens is 4. The zero-order valence-corrected chi connectivity index (χ0v) is 10.3. The average molecular weight is 280 g/mol. The van der Waals surface area contributed by atoms with Crippen LogP contribution in [0.5, 0.6) is 5.75 Å². The summed E-state index contributed by atoms with van der Waals surface area (Å²) in [5, 5.41) is 3.55. The van der Waals surface area contributed by atoms with Crippen molar-refractivity contribution in [1.29, 1.82) is 0 Å². The molecule has 0 aromatic heterocycles. The Kier molecular flexibility index (Phi) is 4.35. The lowest BCUT2D eigenvalue weighted by molar-refractivity contribution is -0.0669. The first-order chi connectivity index (χ1) is 8.56. The molecule has 0 bridgehead atoms. The minimum Gasteiger partial charge on any atom is -0.454 e. The number of hydrogen-bond acceptors (Lipinski definition) is 2. The van der Waals surface area contributed by atoms with Crippen LogP contribution in [0.1, 0.15) is 17.9 Å². The van der Waals surface area contributed by atoms with Crippen LogP contribution in [0.15, 0.2) is 18.2 Å². The second-order valence-electron chi connectivity index (χ2n) is 4.21. The summed E-state index contributed by atoms with van der Waals surface area (Å²) in [6, 6.07) is 4.66. The van der Waals surface area contributed by atoms with Gasteiger partial charge in [-0.25, -0.2) is 8.78 Å². The van der Waals surface area contributed by atoms with Crippen LogP contribution < -0.4 is 10.1 Å². The second kappa shape index (κ2) is 5.80. The Bertz CT molecular complexity index is 410. The van der Waals surface area contributed by atoms with E-state index in [1.54, 1.807) is 12.1 Å². The molecule has 2 atom stereocenters. The van der Waals surface area contributed by atoms with Crippen molar-refractivity contribution in [1.82, 2.24) is 5.32 Å². The van der Waals surface area contributed by atoms with Gasteiger partial charge in [0.15, 0.2) is 0 Å². The van der Waals surface area contributed by atoms with E-state index in [1.807, 2.05) is 0 Å². The summed E-state index contributed by atoms with van der Waals surface area (Å²) in [5.74, 6) is 0.299. The third kappa shape index (κ3) is 3.29. The topological polar surface area (TPSA) is 21.3 Å². The van der Waals surface area contributed by atoms with E-state index in [-0.39, 0.29) is 11.7 Å². The van der Waals surface area contributed by atoms with Crippen LogP contribution in [0.3, 0.4) is 0 Å². The zero-order chi connectivity index (χ0) is 13.1. The Morgan fingerprint density at radius 2 is 2.06 bits per heavy atom. The van der Waals surface area contributed by atoms with Crippen molar-refractivity contribution in [3.05, 3.63) is 28.8 Å². The summed E-state index contributed by atoms with van der Waals surface area (Å²) in [6.07, 6.45) is -4.85. The molecule has 1 aliphatic rings. The van der Waals surface area contributed by atoms with Gasteiger partial charge in [-0.3, -0.25) is 0 Å². The molecule has 2 rings (SSSR count). The molecule has 0 amide bonds. The first kappa shape index (κ1) is 13.5. The van der Waals surface area contributed by atoms with Crippen molar-refractivity contribution in [2.45, 2.75) is 25.1 Å². The molecule has 2 unspecified atom stereocenters. The molecule has 0 saturated carbocycles. The van der Waals surface area contributed by atoms with Crippen molar-refractivity contribution in [3.8, 4) is 5.75 Å². The molecule has 1 saturated heterocycles. The van der Waals surface area contributed by atoms with E-state index in [0.717, 1.165) is 25.1 Å². The predicted octanol–water partition coefficient (Wildman–Crippen LogP) is 3.36. The summed E-state index contributed by atoms with van der Waals surface area (Å²) in [5.41, 5.74) is 0.879. The summed E-state index contributed by atoms with van der Waals surface area (Å²) in [6.45, 7) is 1.70. The van der Waals surface area contributed by atoms with Gasteiger partial charge in [-0.15, -0.1) is 0 Å². The highest BCUT2D eigenvalue weighted by atomic mass is 35.5. The number of hydrogen-bond donors (Lipinski definition) is 1. The standard InChI is InChI=1S/C12H13ClF3NO/c13-9-3-8(7-1-2-17-6-7)4-10(5-9)18-12(16)11(14)15/h3-5,7,11-12,17H,1-2,6H2. The van der Waals surface area contributed by atoms with Crippen molar-refractivity contribution in [3.63, 3.8) is 0 Å². The van der Waals surface area contributed by atoms with Gasteiger partial charge < -0.3 is 10.1 Å². The molecule has 6 heteroatoms. The lowest BCUT2D eigenvalue weighted by atomic mass is 9.98. The lowest BCUT2D eigenvalue weighted by Gasteiger charge is -2.14. The molecule has 2 nitrogen and oxygen atoms in total. The van der Waals surface area contributed by atoms with Crippen LogP contribution in [0.4, 0.5) is 13.2 Å². The zero-order valence-electron chi connectivity index (χ0n) is 9.51. The molecular weight excluding hydrogens is 267 g/mol. The van der Waals surface area contributed by atoms with E-state index in [9.17, 15) is 13.2 Å². The fourth-order valence-electron chi connectivity index (χ4n) is 2.01. The van der Waals surface area contributed by atoms with Crippen molar-refractivity contribution < 1.29 is 17.9 Å². The monoisotopic (exact) mass is 279 g/mol. The van der Waals surface area contributed by atoms with Gasteiger partial charge in [0.25, 0.3) is 6.36 Å². The van der Waals surface area contributed by atoms with E-state index < -0.39 is 12.8 Å². The average Bonchev–Trinajstić information content (AvgIpc) is 2.81. The van der Waals surface area contributed by atoms with Gasteiger partial charge in [-0.1, -0.05) is 11.6 Å². The Morgan fingerprint density at radius 3 is 2.67 bits per heavy atom. The van der Waals surface area contributed by atoms with Crippen LogP contribution in [-0.4, -0.2) is 25.9 Å². The van der Waals surface area contributed by atoms with Crippen molar-refractivity contribution >= 4 is 11.6 Å². The maximum atomic E-state index is 12.8. The maximum Gasteiger partial charge on any atom is 0.304 e. The van der Waals surface area contributed by atoms with Gasteiger partial charge in [-0.2, -0.15) is 4.39 Å². The molecule has 100 valence electrons. The molecule has 0 radical (unpaired) electrons. The number of rotatable bonds is 4. The van der Waals surface area contributed by atoms with Gasteiger partial charge in [-0.05, 0) is 42.6 Å². The lowest BCUT2D eigenvalue weighted by Crippen LogP contribution is -2.19. The first-order valence-electron chi connectivity index (χ1n) is 5.66. The van der Waals surface area contributed by atoms with Crippen LogP contribution >= 0.6 is 11.6 Å². The molecule has 0 aliphatic carbocycles. The number of benzene rings is 1. The Labute approximate surface area is 108 Å². The van der Waals surface area contributed by atoms with Gasteiger partial charge in [0.2, 0.25) is 0 Å². The fraction of sp³-hybridized carbons (Fsp3) is 0.500. The highest BCUT2D eigenvalue weighted by Gasteiger charge is 2.22.